The summed E-state index contributed by atoms with van der Waals surface area (Å²) in [5, 5.41) is 3.14. The summed E-state index contributed by atoms with van der Waals surface area (Å²) in [5.41, 5.74) is 0.931. The van der Waals surface area contributed by atoms with Crippen LogP contribution in [0.15, 0.2) is 24.3 Å². The van der Waals surface area contributed by atoms with E-state index in [2.05, 4.69) is 5.32 Å². The zero-order valence-electron chi connectivity index (χ0n) is 11.8. The third-order valence-corrected chi connectivity index (χ3v) is 5.22. The van der Waals surface area contributed by atoms with Crippen molar-refractivity contribution in [3.63, 3.8) is 0 Å². The van der Waals surface area contributed by atoms with Crippen molar-refractivity contribution in [1.29, 1.82) is 0 Å². The zero-order valence-corrected chi connectivity index (χ0v) is 12.7. The van der Waals surface area contributed by atoms with Gasteiger partial charge in [-0.3, -0.25) is 0 Å². The summed E-state index contributed by atoms with van der Waals surface area (Å²) in [5.74, 6) is 0.972. The van der Waals surface area contributed by atoms with Crippen molar-refractivity contribution in [1.82, 2.24) is 9.62 Å². The van der Waals surface area contributed by atoms with Crippen LogP contribution in [0.4, 0.5) is 0 Å². The maximum atomic E-state index is 12.4. The van der Waals surface area contributed by atoms with Gasteiger partial charge in [0, 0.05) is 18.7 Å². The average molecular weight is 298 g/mol. The van der Waals surface area contributed by atoms with Crippen LogP contribution in [0.1, 0.15) is 18.9 Å². The summed E-state index contributed by atoms with van der Waals surface area (Å²) in [6.07, 6.45) is 0.634. The standard InChI is InChI=1S/C14H22N2O3S/c1-2-15-8-5-11-20(17,18)16-9-10-19-14-7-4-3-6-13(14)12-16/h3-4,6-7,15H,2,5,8-12H2,1H3. The highest BCUT2D eigenvalue weighted by Gasteiger charge is 2.25. The Morgan fingerprint density at radius 2 is 2.15 bits per heavy atom. The van der Waals surface area contributed by atoms with Crippen LogP contribution in [0.25, 0.3) is 0 Å². The van der Waals surface area contributed by atoms with Crippen molar-refractivity contribution in [2.24, 2.45) is 0 Å². The minimum Gasteiger partial charge on any atom is -0.492 e. The Hall–Kier alpha value is -1.11. The molecule has 0 amide bonds. The summed E-state index contributed by atoms with van der Waals surface area (Å²) in [6, 6.07) is 7.61. The fourth-order valence-corrected chi connectivity index (χ4v) is 3.68. The van der Waals surface area contributed by atoms with Gasteiger partial charge >= 0.3 is 0 Å². The Kier molecular flexibility index (Phi) is 5.39. The SMILES string of the molecule is CCNCCCS(=O)(=O)N1CCOc2ccccc2C1. The van der Waals surface area contributed by atoms with E-state index < -0.39 is 10.0 Å². The van der Waals surface area contributed by atoms with Crippen molar-refractivity contribution < 1.29 is 13.2 Å². The first-order valence-corrected chi connectivity index (χ1v) is 8.63. The smallest absolute Gasteiger partial charge is 0.214 e. The molecule has 0 fully saturated rings. The number of para-hydroxylation sites is 1. The van der Waals surface area contributed by atoms with Gasteiger partial charge < -0.3 is 10.1 Å². The van der Waals surface area contributed by atoms with Crippen molar-refractivity contribution in [3.8, 4) is 5.75 Å². The highest BCUT2D eigenvalue weighted by atomic mass is 32.2. The molecular formula is C14H22N2O3S. The molecule has 0 saturated heterocycles. The molecule has 0 saturated carbocycles. The summed E-state index contributed by atoms with van der Waals surface area (Å²) < 4.78 is 31.8. The summed E-state index contributed by atoms with van der Waals surface area (Å²) >= 11 is 0. The molecule has 20 heavy (non-hydrogen) atoms. The molecule has 1 aromatic carbocycles. The van der Waals surface area contributed by atoms with Gasteiger partial charge in [-0.1, -0.05) is 25.1 Å². The number of fused-ring (bicyclic) bond motifs is 1. The van der Waals surface area contributed by atoms with Crippen LogP contribution in [-0.2, 0) is 16.6 Å². The van der Waals surface area contributed by atoms with E-state index in [1.807, 2.05) is 31.2 Å². The molecule has 1 aromatic rings. The number of sulfonamides is 1. The third kappa shape index (κ3) is 3.94. The first kappa shape index (κ1) is 15.3. The fourth-order valence-electron chi connectivity index (χ4n) is 2.22. The van der Waals surface area contributed by atoms with Gasteiger partial charge in [0.2, 0.25) is 10.0 Å². The Labute approximate surface area is 121 Å². The quantitative estimate of drug-likeness (QED) is 0.802. The molecule has 1 aliphatic rings. The Morgan fingerprint density at radius 1 is 1.35 bits per heavy atom. The lowest BCUT2D eigenvalue weighted by atomic mass is 10.2. The van der Waals surface area contributed by atoms with Crippen LogP contribution >= 0.6 is 0 Å². The van der Waals surface area contributed by atoms with Crippen LogP contribution < -0.4 is 10.1 Å². The molecule has 1 N–H and O–H groups in total. The van der Waals surface area contributed by atoms with Crippen molar-refractivity contribution >= 4 is 10.0 Å². The minimum atomic E-state index is -3.22. The van der Waals surface area contributed by atoms with Gasteiger partial charge in [0.05, 0.1) is 5.75 Å². The predicted molar refractivity (Wildman–Crippen MR) is 79.3 cm³/mol. The van der Waals surface area contributed by atoms with Crippen LogP contribution in [-0.4, -0.2) is 44.7 Å². The van der Waals surface area contributed by atoms with Gasteiger partial charge in [-0.2, -0.15) is 4.31 Å². The molecule has 0 aliphatic carbocycles. The van der Waals surface area contributed by atoms with Crippen LogP contribution in [0, 0.1) is 0 Å². The molecule has 0 spiro atoms. The number of nitrogens with zero attached hydrogens (tertiary/aromatic N) is 1. The van der Waals surface area contributed by atoms with Crippen molar-refractivity contribution in [2.75, 3.05) is 32.0 Å². The molecule has 5 nitrogen and oxygen atoms in total. The lowest BCUT2D eigenvalue weighted by molar-refractivity contribution is 0.293. The van der Waals surface area contributed by atoms with Gasteiger partial charge in [-0.25, -0.2) is 8.42 Å². The molecule has 0 aromatic heterocycles. The van der Waals surface area contributed by atoms with E-state index >= 15 is 0 Å². The summed E-state index contributed by atoms with van der Waals surface area (Å²) in [6.45, 7) is 4.83. The second-order valence-corrected chi connectivity index (χ2v) is 6.90. The minimum absolute atomic E-state index is 0.183. The van der Waals surface area contributed by atoms with E-state index in [9.17, 15) is 8.42 Å². The maximum Gasteiger partial charge on any atom is 0.214 e. The molecule has 2 rings (SSSR count). The number of benzene rings is 1. The van der Waals surface area contributed by atoms with Gasteiger partial charge in [0.25, 0.3) is 0 Å². The van der Waals surface area contributed by atoms with Gasteiger partial charge in [0.15, 0.2) is 0 Å². The van der Waals surface area contributed by atoms with Crippen LogP contribution in [0.2, 0.25) is 0 Å². The third-order valence-electron chi connectivity index (χ3n) is 3.32. The molecule has 112 valence electrons. The normalized spacial score (nSPS) is 16.2. The molecule has 0 unspecified atom stereocenters. The molecular weight excluding hydrogens is 276 g/mol. The first-order valence-electron chi connectivity index (χ1n) is 7.02. The van der Waals surface area contributed by atoms with Gasteiger partial charge in [-0.05, 0) is 25.6 Å². The second-order valence-electron chi connectivity index (χ2n) is 4.81. The Morgan fingerprint density at radius 3 is 2.95 bits per heavy atom. The molecule has 1 heterocycles. The van der Waals surface area contributed by atoms with Crippen LogP contribution in [0.5, 0.6) is 5.75 Å². The van der Waals surface area contributed by atoms with E-state index in [-0.39, 0.29) is 5.75 Å². The van der Waals surface area contributed by atoms with Gasteiger partial charge in [-0.15, -0.1) is 0 Å². The number of rotatable bonds is 6. The Balaban J connectivity index is 2.01. The van der Waals surface area contributed by atoms with Crippen LogP contribution in [0.3, 0.4) is 0 Å². The average Bonchev–Trinajstić information content (AvgIpc) is 2.66. The molecule has 6 heteroatoms. The second kappa shape index (κ2) is 7.06. The lowest BCUT2D eigenvalue weighted by Gasteiger charge is -2.19. The number of hydrogen-bond acceptors (Lipinski definition) is 4. The summed E-state index contributed by atoms with van der Waals surface area (Å²) in [4.78, 5) is 0. The van der Waals surface area contributed by atoms with Gasteiger partial charge in [0.1, 0.15) is 12.4 Å². The highest BCUT2D eigenvalue weighted by molar-refractivity contribution is 7.89. The molecule has 1 aliphatic heterocycles. The van der Waals surface area contributed by atoms with Crippen molar-refractivity contribution in [2.45, 2.75) is 19.9 Å². The zero-order chi connectivity index (χ0) is 14.4. The molecule has 0 atom stereocenters. The predicted octanol–water partition coefficient (Wildman–Crippen LogP) is 1.21. The highest BCUT2D eigenvalue weighted by Crippen LogP contribution is 2.24. The topological polar surface area (TPSA) is 58.6 Å². The summed E-state index contributed by atoms with van der Waals surface area (Å²) in [7, 11) is -3.22. The molecule has 0 bridgehead atoms. The molecule has 0 radical (unpaired) electrons. The Bertz CT molecular complexity index is 531. The van der Waals surface area contributed by atoms with E-state index in [1.165, 1.54) is 4.31 Å². The van der Waals surface area contributed by atoms with E-state index in [4.69, 9.17) is 4.74 Å². The van der Waals surface area contributed by atoms with E-state index in [0.717, 1.165) is 24.4 Å². The maximum absolute atomic E-state index is 12.4. The van der Waals surface area contributed by atoms with Crippen molar-refractivity contribution in [3.05, 3.63) is 29.8 Å². The first-order chi connectivity index (χ1) is 9.63. The number of ether oxygens (including phenoxy) is 1. The lowest BCUT2D eigenvalue weighted by Crippen LogP contribution is -2.35. The van der Waals surface area contributed by atoms with E-state index in [0.29, 0.717) is 26.1 Å². The fraction of sp³-hybridized carbons (Fsp3) is 0.571. The monoisotopic (exact) mass is 298 g/mol. The number of hydrogen-bond donors (Lipinski definition) is 1. The number of nitrogens with one attached hydrogen (secondary N) is 1. The van der Waals surface area contributed by atoms with E-state index in [1.54, 1.807) is 0 Å². The largest absolute Gasteiger partial charge is 0.492 e.